The van der Waals surface area contributed by atoms with Gasteiger partial charge >= 0.3 is 0 Å². The molecule has 12 heavy (non-hydrogen) atoms. The summed E-state index contributed by atoms with van der Waals surface area (Å²) in [7, 11) is 0. The van der Waals surface area contributed by atoms with Gasteiger partial charge in [-0.05, 0) is 37.5 Å². The summed E-state index contributed by atoms with van der Waals surface area (Å²) in [4.78, 5) is 20.1. The van der Waals surface area contributed by atoms with E-state index in [0.29, 0.717) is 11.8 Å². The molecule has 0 radical (unpaired) electrons. The molecule has 0 bridgehead atoms. The van der Waals surface area contributed by atoms with Crippen molar-refractivity contribution < 1.29 is 9.59 Å². The van der Waals surface area contributed by atoms with Crippen LogP contribution in [0.4, 0.5) is 0 Å². The summed E-state index contributed by atoms with van der Waals surface area (Å²) in [6.45, 7) is 0. The van der Waals surface area contributed by atoms with Crippen LogP contribution in [0, 0.1) is 11.8 Å². The Kier molecular flexibility index (Phi) is 3.53. The van der Waals surface area contributed by atoms with Crippen LogP contribution in [0.3, 0.4) is 0 Å². The van der Waals surface area contributed by atoms with Gasteiger partial charge in [-0.15, -0.1) is 0 Å². The molecule has 0 aliphatic heterocycles. The quantitative estimate of drug-likeness (QED) is 0.580. The van der Waals surface area contributed by atoms with Gasteiger partial charge in [0.15, 0.2) is 0 Å². The Labute approximate surface area is 72.0 Å². The Bertz CT molecular complexity index is 198. The molecule has 2 heteroatoms. The Morgan fingerprint density at radius 2 is 1.17 bits per heavy atom. The molecule has 0 heterocycles. The highest BCUT2D eigenvalue weighted by Crippen LogP contribution is 2.29. The van der Waals surface area contributed by atoms with Crippen LogP contribution in [0.5, 0.6) is 0 Å². The minimum absolute atomic E-state index is 0.388. The molecule has 0 atom stereocenters. The van der Waals surface area contributed by atoms with Crippen LogP contribution in [0.2, 0.25) is 0 Å². The first-order valence-electron chi connectivity index (χ1n) is 4.29. The summed E-state index contributed by atoms with van der Waals surface area (Å²) in [5, 5.41) is 0. The zero-order valence-electron chi connectivity index (χ0n) is 6.95. The lowest BCUT2D eigenvalue weighted by Gasteiger charge is -2.22. The molecule has 0 aromatic carbocycles. The van der Waals surface area contributed by atoms with Crippen molar-refractivity contribution >= 4 is 11.9 Å². The summed E-state index contributed by atoms with van der Waals surface area (Å²) < 4.78 is 0. The third kappa shape index (κ3) is 2.50. The molecule has 0 spiro atoms. The number of rotatable bonds is 2. The molecule has 1 rings (SSSR count). The molecule has 1 aliphatic carbocycles. The normalized spacial score (nSPS) is 28.3. The van der Waals surface area contributed by atoms with Gasteiger partial charge in [0.2, 0.25) is 0 Å². The standard InChI is InChI=1S/C10H12O2/c11-7-5-9-1-2-10(4-3-9)6-8-12/h5-6,9-10H,1-4H2. The molecule has 1 aliphatic rings. The third-order valence-corrected chi connectivity index (χ3v) is 2.42. The van der Waals surface area contributed by atoms with E-state index < -0.39 is 0 Å². The Morgan fingerprint density at radius 1 is 0.833 bits per heavy atom. The van der Waals surface area contributed by atoms with Gasteiger partial charge in [0, 0.05) is 12.2 Å². The van der Waals surface area contributed by atoms with Crippen molar-refractivity contribution in [1.29, 1.82) is 0 Å². The van der Waals surface area contributed by atoms with E-state index in [-0.39, 0.29) is 0 Å². The highest BCUT2D eigenvalue weighted by atomic mass is 16.1. The first-order valence-corrected chi connectivity index (χ1v) is 4.29. The van der Waals surface area contributed by atoms with E-state index in [0.717, 1.165) is 25.7 Å². The van der Waals surface area contributed by atoms with Gasteiger partial charge in [-0.2, -0.15) is 0 Å². The Hall–Kier alpha value is -1.10. The van der Waals surface area contributed by atoms with E-state index in [1.807, 2.05) is 11.9 Å². The highest BCUT2D eigenvalue weighted by Gasteiger charge is 2.17. The number of hydrogen-bond donors (Lipinski definition) is 0. The van der Waals surface area contributed by atoms with Gasteiger partial charge in [-0.3, -0.25) is 0 Å². The summed E-state index contributed by atoms with van der Waals surface area (Å²) in [6, 6.07) is 0. The molecule has 64 valence electrons. The van der Waals surface area contributed by atoms with Gasteiger partial charge in [0.1, 0.15) is 11.9 Å². The maximum Gasteiger partial charge on any atom is 0.120 e. The van der Waals surface area contributed by atoms with Crippen molar-refractivity contribution in [1.82, 2.24) is 0 Å². The van der Waals surface area contributed by atoms with E-state index in [1.165, 1.54) is 0 Å². The summed E-state index contributed by atoms with van der Waals surface area (Å²) >= 11 is 0. The summed E-state index contributed by atoms with van der Waals surface area (Å²) in [5.41, 5.74) is 0. The molecule has 1 saturated carbocycles. The largest absolute Gasteiger partial charge is 0.234 e. The van der Waals surface area contributed by atoms with E-state index >= 15 is 0 Å². The minimum atomic E-state index is 0.388. The fourth-order valence-electron chi connectivity index (χ4n) is 1.67. The molecular weight excluding hydrogens is 152 g/mol. The highest BCUT2D eigenvalue weighted by molar-refractivity contribution is 5.46. The molecule has 1 fully saturated rings. The number of allylic oxidation sites excluding steroid dienone is 2. The van der Waals surface area contributed by atoms with Gasteiger partial charge in [0.05, 0.1) is 0 Å². The summed E-state index contributed by atoms with van der Waals surface area (Å²) in [6.07, 6.45) is 7.19. The monoisotopic (exact) mass is 164 g/mol. The molecule has 0 N–H and O–H groups in total. The Balaban J connectivity index is 2.38. The van der Waals surface area contributed by atoms with Crippen molar-refractivity contribution in [3.63, 3.8) is 0 Å². The molecule has 2 nitrogen and oxygen atoms in total. The average Bonchev–Trinajstić information content (AvgIpc) is 2.09. The molecule has 0 aromatic rings. The van der Waals surface area contributed by atoms with Crippen LogP contribution < -0.4 is 0 Å². The zero-order valence-corrected chi connectivity index (χ0v) is 6.95. The lowest BCUT2D eigenvalue weighted by molar-refractivity contribution is 0.357. The van der Waals surface area contributed by atoms with Gasteiger partial charge in [-0.25, -0.2) is 9.59 Å². The van der Waals surface area contributed by atoms with Gasteiger partial charge in [-0.1, -0.05) is 0 Å². The second kappa shape index (κ2) is 4.71. The fourth-order valence-corrected chi connectivity index (χ4v) is 1.67. The zero-order chi connectivity index (χ0) is 8.81. The topological polar surface area (TPSA) is 34.1 Å². The number of hydrogen-bond acceptors (Lipinski definition) is 2. The van der Waals surface area contributed by atoms with E-state index in [2.05, 4.69) is 0 Å². The predicted octanol–water partition coefficient (Wildman–Crippen LogP) is 1.57. The van der Waals surface area contributed by atoms with Crippen LogP contribution in [-0.2, 0) is 9.59 Å². The van der Waals surface area contributed by atoms with Crippen LogP contribution in [0.1, 0.15) is 25.7 Å². The van der Waals surface area contributed by atoms with E-state index in [9.17, 15) is 9.59 Å². The second-order valence-corrected chi connectivity index (χ2v) is 3.24. The SMILES string of the molecule is O=C=CC1CCC(C=C=O)CC1. The minimum Gasteiger partial charge on any atom is -0.234 e. The van der Waals surface area contributed by atoms with E-state index in [4.69, 9.17) is 0 Å². The van der Waals surface area contributed by atoms with Crippen LogP contribution >= 0.6 is 0 Å². The van der Waals surface area contributed by atoms with Crippen LogP contribution in [-0.4, -0.2) is 11.9 Å². The Morgan fingerprint density at radius 3 is 1.42 bits per heavy atom. The smallest absolute Gasteiger partial charge is 0.120 e. The lowest BCUT2D eigenvalue weighted by atomic mass is 9.82. The first kappa shape index (κ1) is 8.99. The van der Waals surface area contributed by atoms with Gasteiger partial charge < -0.3 is 0 Å². The van der Waals surface area contributed by atoms with Gasteiger partial charge in [0.25, 0.3) is 0 Å². The molecule has 0 unspecified atom stereocenters. The number of carbonyl (C=O) groups excluding carboxylic acids is 2. The van der Waals surface area contributed by atoms with E-state index in [1.54, 1.807) is 12.2 Å². The molecule has 0 aromatic heterocycles. The van der Waals surface area contributed by atoms with Crippen molar-refractivity contribution in [3.05, 3.63) is 12.2 Å². The third-order valence-electron chi connectivity index (χ3n) is 2.42. The maximum atomic E-state index is 10.0. The molecule has 0 amide bonds. The second-order valence-electron chi connectivity index (χ2n) is 3.24. The molecular formula is C10H12O2. The summed E-state index contributed by atoms with van der Waals surface area (Å²) in [5.74, 6) is 4.42. The fraction of sp³-hybridized carbons (Fsp3) is 0.600. The van der Waals surface area contributed by atoms with Crippen molar-refractivity contribution in [2.45, 2.75) is 25.7 Å². The molecule has 0 saturated heterocycles. The predicted molar refractivity (Wildman–Crippen MR) is 46.0 cm³/mol. The van der Waals surface area contributed by atoms with Crippen LogP contribution in [0.25, 0.3) is 0 Å². The first-order chi connectivity index (χ1) is 5.86. The lowest BCUT2D eigenvalue weighted by Crippen LogP contribution is -2.11. The van der Waals surface area contributed by atoms with Crippen LogP contribution in [0.15, 0.2) is 12.2 Å². The van der Waals surface area contributed by atoms with Crippen molar-refractivity contribution in [2.24, 2.45) is 11.8 Å². The van der Waals surface area contributed by atoms with Crippen molar-refractivity contribution in [3.8, 4) is 0 Å². The average molecular weight is 164 g/mol. The van der Waals surface area contributed by atoms with Crippen molar-refractivity contribution in [2.75, 3.05) is 0 Å². The maximum absolute atomic E-state index is 10.0.